The van der Waals surface area contributed by atoms with Crippen molar-refractivity contribution in [3.05, 3.63) is 118 Å². The molecule has 0 aliphatic carbocycles. The van der Waals surface area contributed by atoms with Gasteiger partial charge in [-0.3, -0.25) is 0 Å². The van der Waals surface area contributed by atoms with Crippen LogP contribution >= 0.6 is 7.92 Å². The maximum absolute atomic E-state index is 7.50. The number of hydrogen-bond donors (Lipinski definition) is 0. The first-order valence-electron chi connectivity index (χ1n) is 7.17. The van der Waals surface area contributed by atoms with Crippen LogP contribution in [0.5, 0.6) is 0 Å². The number of rotatable bonds is 4. The second kappa shape index (κ2) is 25.7. The van der Waals surface area contributed by atoms with E-state index >= 15 is 0 Å². The van der Waals surface area contributed by atoms with E-state index < -0.39 is 0 Å². The van der Waals surface area contributed by atoms with Gasteiger partial charge in [-0.2, -0.15) is 0 Å². The first-order chi connectivity index (χ1) is 13.9. The van der Waals surface area contributed by atoms with E-state index in [9.17, 15) is 0 Å². The predicted molar refractivity (Wildman–Crippen MR) is 101 cm³/mol. The molecule has 29 heavy (non-hydrogen) atoms. The zero-order chi connectivity index (χ0) is 22.4. The fraction of sp³-hybridized carbons (Fsp3) is 0.0455. The fourth-order valence-corrected chi connectivity index (χ4v) is 4.70. The third kappa shape index (κ3) is 12.0. The van der Waals surface area contributed by atoms with Gasteiger partial charge in [0.25, 0.3) is 0 Å². The predicted octanol–water partition coefficient (Wildman–Crippen LogP) is 5.00. The normalized spacial score (nSPS) is 9.45. The van der Waals surface area contributed by atoms with Gasteiger partial charge in [-0.15, -0.1) is 6.58 Å². The molecule has 144 valence electrons. The molecule has 5 nitrogen and oxygen atoms in total. The summed E-state index contributed by atoms with van der Waals surface area (Å²) >= 11 is 0. The monoisotopic (exact) mass is 574 g/mol. The average molecular weight is 574 g/mol. The molecule has 0 aromatic heterocycles. The fourth-order valence-electron chi connectivity index (χ4n) is 2.29. The Morgan fingerprint density at radius 2 is 0.897 bits per heavy atom. The third-order valence-corrected chi connectivity index (χ3v) is 5.56. The van der Waals surface area contributed by atoms with Crippen LogP contribution in [0.3, 0.4) is 0 Å². The Kier molecular flexibility index (Phi) is 30.4. The van der Waals surface area contributed by atoms with E-state index in [1.807, 2.05) is 6.08 Å². The van der Waals surface area contributed by atoms with Crippen LogP contribution < -0.4 is 0 Å². The number of allylic oxidation sites excluding steroid dienone is 1. The Bertz CT molecular complexity index is 722. The van der Waals surface area contributed by atoms with Gasteiger partial charge < -0.3 is 0 Å². The Balaban J connectivity index is -0.000000250. The first kappa shape index (κ1) is 34.3. The minimum atomic E-state index is -0.115. The van der Waals surface area contributed by atoms with Crippen molar-refractivity contribution in [1.29, 1.82) is 0 Å². The van der Waals surface area contributed by atoms with Gasteiger partial charge in [-0.05, 0) is 35.8 Å². The molecule has 0 amide bonds. The van der Waals surface area contributed by atoms with Crippen molar-refractivity contribution in [3.63, 3.8) is 0 Å². The Morgan fingerprint density at radius 3 is 1.14 bits per heavy atom. The van der Waals surface area contributed by atoms with Gasteiger partial charge >= 0.3 is 56.5 Å². The average Bonchev–Trinajstić information content (AvgIpc) is 3.56. The molecule has 0 fully saturated rings. The SMILES string of the molecule is C=CCP1C(c2ccccc2)=C1c1ccccc1.[C-]#[O+].[C-]#[O+].[C-]#[O+].[C-]#[O+].[C-]#[O+].[W]. The van der Waals surface area contributed by atoms with Crippen LogP contribution in [0.25, 0.3) is 10.6 Å². The van der Waals surface area contributed by atoms with Crippen molar-refractivity contribution in [2.75, 3.05) is 6.16 Å². The third-order valence-electron chi connectivity index (χ3n) is 3.12. The second-order valence-electron chi connectivity index (χ2n) is 4.33. The summed E-state index contributed by atoms with van der Waals surface area (Å²) in [5, 5.41) is 3.11. The first-order valence-corrected chi connectivity index (χ1v) is 8.70. The van der Waals surface area contributed by atoms with Crippen LogP contribution in [0.15, 0.2) is 73.3 Å². The molecule has 0 saturated heterocycles. The van der Waals surface area contributed by atoms with Crippen LogP contribution in [-0.2, 0) is 44.3 Å². The van der Waals surface area contributed by atoms with E-state index in [4.69, 9.17) is 23.3 Å². The Hall–Kier alpha value is -2.26. The smallest absolute Gasteiger partial charge is 0 e. The van der Waals surface area contributed by atoms with E-state index in [0.717, 1.165) is 6.16 Å². The topological polar surface area (TPSA) is 99.5 Å². The molecule has 1 heterocycles. The van der Waals surface area contributed by atoms with Gasteiger partial charge in [-0.1, -0.05) is 66.7 Å². The molecule has 1 aliphatic rings. The van der Waals surface area contributed by atoms with Crippen molar-refractivity contribution >= 4 is 18.5 Å². The quantitative estimate of drug-likeness (QED) is 0.213. The summed E-state index contributed by atoms with van der Waals surface area (Å²) in [7, 11) is -0.115. The summed E-state index contributed by atoms with van der Waals surface area (Å²) in [6.45, 7) is 26.4. The zero-order valence-electron chi connectivity index (χ0n) is 15.2. The van der Waals surface area contributed by atoms with Gasteiger partial charge in [0.2, 0.25) is 0 Å². The summed E-state index contributed by atoms with van der Waals surface area (Å²) in [4.78, 5) is 0. The van der Waals surface area contributed by atoms with Crippen molar-refractivity contribution < 1.29 is 44.3 Å². The Labute approximate surface area is 186 Å². The van der Waals surface area contributed by atoms with Gasteiger partial charge in [0.1, 0.15) is 0 Å². The van der Waals surface area contributed by atoms with Gasteiger partial charge in [0.05, 0.1) is 0 Å². The molecule has 0 saturated carbocycles. The molecule has 0 unspecified atom stereocenters. The van der Waals surface area contributed by atoms with Crippen LogP contribution in [0.2, 0.25) is 0 Å². The molecule has 0 bridgehead atoms. The van der Waals surface area contributed by atoms with Crippen LogP contribution in [0.1, 0.15) is 11.1 Å². The summed E-state index contributed by atoms with van der Waals surface area (Å²) < 4.78 is 37.5. The summed E-state index contributed by atoms with van der Waals surface area (Å²) in [5.41, 5.74) is 2.76. The van der Waals surface area contributed by atoms with Crippen LogP contribution in [0, 0.1) is 33.3 Å². The molecular weight excluding hydrogens is 559 g/mol. The van der Waals surface area contributed by atoms with Gasteiger partial charge in [0, 0.05) is 21.1 Å². The molecule has 2 aromatic carbocycles. The number of hydrogen-bond acceptors (Lipinski definition) is 0. The summed E-state index contributed by atoms with van der Waals surface area (Å²) in [5.74, 6) is 0. The zero-order valence-corrected chi connectivity index (χ0v) is 19.0. The maximum Gasteiger partial charge on any atom is 0 e. The molecule has 0 radical (unpaired) electrons. The van der Waals surface area contributed by atoms with E-state index in [1.54, 1.807) is 10.6 Å². The molecule has 0 atom stereocenters. The minimum absolute atomic E-state index is 0. The molecule has 1 aliphatic heterocycles. The summed E-state index contributed by atoms with van der Waals surface area (Å²) in [6, 6.07) is 21.5. The van der Waals surface area contributed by atoms with Crippen molar-refractivity contribution in [3.8, 4) is 0 Å². The van der Waals surface area contributed by atoms with Gasteiger partial charge in [0.15, 0.2) is 0 Å². The molecular formula is C22H15O5PW. The van der Waals surface area contributed by atoms with Crippen molar-refractivity contribution in [1.82, 2.24) is 0 Å². The standard InChI is InChI=1S/C17H15P.5CO.W/c1-2-13-18-16(14-9-5-3-6-10-14)17(18)15-11-7-4-8-12-15;5*1-2;/h2-12H,1,13H2;;;;;;. The van der Waals surface area contributed by atoms with Crippen molar-refractivity contribution in [2.45, 2.75) is 0 Å². The number of benzene rings is 2. The molecule has 0 spiro atoms. The van der Waals surface area contributed by atoms with Gasteiger partial charge in [-0.25, -0.2) is 0 Å². The summed E-state index contributed by atoms with van der Waals surface area (Å²) in [6.07, 6.45) is 3.15. The molecule has 3 rings (SSSR count). The van der Waals surface area contributed by atoms with Crippen LogP contribution in [-0.4, -0.2) is 6.16 Å². The molecule has 2 aromatic rings. The van der Waals surface area contributed by atoms with E-state index in [1.165, 1.54) is 11.1 Å². The van der Waals surface area contributed by atoms with E-state index in [2.05, 4.69) is 100 Å². The second-order valence-corrected chi connectivity index (χ2v) is 6.44. The van der Waals surface area contributed by atoms with Crippen molar-refractivity contribution in [2.24, 2.45) is 0 Å². The minimum Gasteiger partial charge on any atom is 0 e. The van der Waals surface area contributed by atoms with E-state index in [-0.39, 0.29) is 29.0 Å². The largest absolute Gasteiger partial charge is 0 e. The maximum atomic E-state index is 7.50. The molecule has 7 heteroatoms. The Morgan fingerprint density at radius 1 is 0.621 bits per heavy atom. The van der Waals surface area contributed by atoms with E-state index in [0.29, 0.717) is 0 Å². The van der Waals surface area contributed by atoms with Crippen LogP contribution in [0.4, 0.5) is 0 Å². The molecule has 0 N–H and O–H groups in total.